The van der Waals surface area contributed by atoms with Gasteiger partial charge in [-0.2, -0.15) is 0 Å². The van der Waals surface area contributed by atoms with Crippen LogP contribution in [0.2, 0.25) is 10.0 Å². The maximum Gasteiger partial charge on any atom is 0.264 e. The predicted octanol–water partition coefficient (Wildman–Crippen LogP) is 5.20. The number of nitrogens with one attached hydrogen (secondary N) is 1. The Kier molecular flexibility index (Phi) is 5.37. The monoisotopic (exact) mass is 392 g/mol. The number of amides is 1. The van der Waals surface area contributed by atoms with E-state index in [4.69, 9.17) is 27.9 Å². The number of halogens is 2. The summed E-state index contributed by atoms with van der Waals surface area (Å²) >= 11 is 13.5. The number of carbonyl (C=O) groups is 1. The molecule has 0 unspecified atom stereocenters. The highest BCUT2D eigenvalue weighted by Gasteiger charge is 2.24. The molecular formula is C18H14Cl2N2O2S. The van der Waals surface area contributed by atoms with E-state index >= 15 is 0 Å². The standard InChI is InChI=1S/C18H14Cl2N2O2S/c1-10-3-5-12(6-4-10)21-18-22-17(23)15(25-18)9-11-7-13(19)16(24-2)14(20)8-11/h3-9H,1-2H3,(H,21,22,23)/b15-9-. The van der Waals surface area contributed by atoms with Gasteiger partial charge in [0, 0.05) is 0 Å². The van der Waals surface area contributed by atoms with Crippen LogP contribution in [0.3, 0.4) is 0 Å². The molecule has 0 aliphatic carbocycles. The molecule has 0 saturated carbocycles. The van der Waals surface area contributed by atoms with Gasteiger partial charge in [0.25, 0.3) is 5.91 Å². The van der Waals surface area contributed by atoms with Crippen molar-refractivity contribution in [3.8, 4) is 5.75 Å². The Balaban J connectivity index is 1.85. The first-order valence-corrected chi connectivity index (χ1v) is 8.93. The average molecular weight is 393 g/mol. The zero-order chi connectivity index (χ0) is 18.0. The highest BCUT2D eigenvalue weighted by Crippen LogP contribution is 2.36. The van der Waals surface area contributed by atoms with Gasteiger partial charge in [-0.3, -0.25) is 4.79 Å². The second-order valence-electron chi connectivity index (χ2n) is 5.34. The fourth-order valence-electron chi connectivity index (χ4n) is 2.23. The topological polar surface area (TPSA) is 50.7 Å². The van der Waals surface area contributed by atoms with Crippen molar-refractivity contribution in [2.24, 2.45) is 4.99 Å². The van der Waals surface area contributed by atoms with Crippen LogP contribution in [0.1, 0.15) is 11.1 Å². The minimum absolute atomic E-state index is 0.209. The number of amidine groups is 1. The zero-order valence-corrected chi connectivity index (χ0v) is 15.8. The molecule has 0 spiro atoms. The van der Waals surface area contributed by atoms with Crippen LogP contribution < -0.4 is 10.1 Å². The van der Waals surface area contributed by atoms with Crippen molar-refractivity contribution in [2.75, 3.05) is 7.11 Å². The summed E-state index contributed by atoms with van der Waals surface area (Å²) < 4.78 is 5.13. The summed E-state index contributed by atoms with van der Waals surface area (Å²) in [4.78, 5) is 17.1. The van der Waals surface area contributed by atoms with Gasteiger partial charge < -0.3 is 10.1 Å². The lowest BCUT2D eigenvalue weighted by Crippen LogP contribution is -2.19. The van der Waals surface area contributed by atoms with Crippen LogP contribution in [0, 0.1) is 6.92 Å². The van der Waals surface area contributed by atoms with Crippen molar-refractivity contribution in [1.82, 2.24) is 5.32 Å². The molecule has 25 heavy (non-hydrogen) atoms. The van der Waals surface area contributed by atoms with E-state index in [9.17, 15) is 4.79 Å². The summed E-state index contributed by atoms with van der Waals surface area (Å²) in [5, 5.41) is 4.06. The lowest BCUT2D eigenvalue weighted by molar-refractivity contribution is -0.115. The number of aliphatic imine (C=N–C) groups is 1. The minimum Gasteiger partial charge on any atom is -0.494 e. The molecule has 1 aliphatic heterocycles. The normalized spacial score (nSPS) is 17.2. The van der Waals surface area contributed by atoms with E-state index in [1.165, 1.54) is 18.9 Å². The van der Waals surface area contributed by atoms with Crippen LogP contribution in [0.25, 0.3) is 6.08 Å². The maximum absolute atomic E-state index is 12.2. The Bertz CT molecular complexity index is 869. The molecule has 1 saturated heterocycles. The Morgan fingerprint density at radius 3 is 2.40 bits per heavy atom. The Labute approximate surface area is 159 Å². The number of hydrogen-bond donors (Lipinski definition) is 1. The highest BCUT2D eigenvalue weighted by atomic mass is 35.5. The first-order valence-electron chi connectivity index (χ1n) is 7.35. The van der Waals surface area contributed by atoms with E-state index in [1.54, 1.807) is 18.2 Å². The van der Waals surface area contributed by atoms with E-state index in [0.29, 0.717) is 31.4 Å². The number of hydrogen-bond acceptors (Lipinski definition) is 4. The van der Waals surface area contributed by atoms with Gasteiger partial charge in [0.2, 0.25) is 0 Å². The number of thioether (sulfide) groups is 1. The van der Waals surface area contributed by atoms with Crippen molar-refractivity contribution in [2.45, 2.75) is 6.92 Å². The van der Waals surface area contributed by atoms with Crippen LogP contribution in [0.15, 0.2) is 46.3 Å². The van der Waals surface area contributed by atoms with E-state index in [1.807, 2.05) is 31.2 Å². The molecule has 1 fully saturated rings. The lowest BCUT2D eigenvalue weighted by atomic mass is 10.2. The van der Waals surface area contributed by atoms with Gasteiger partial charge in [0.1, 0.15) is 0 Å². The first-order chi connectivity index (χ1) is 12.0. The Morgan fingerprint density at radius 1 is 1.16 bits per heavy atom. The van der Waals surface area contributed by atoms with E-state index < -0.39 is 0 Å². The lowest BCUT2D eigenvalue weighted by Gasteiger charge is -2.06. The van der Waals surface area contributed by atoms with Gasteiger partial charge in [-0.25, -0.2) is 4.99 Å². The third kappa shape index (κ3) is 4.18. The molecule has 1 amide bonds. The van der Waals surface area contributed by atoms with Crippen LogP contribution in [0.5, 0.6) is 5.75 Å². The molecule has 0 bridgehead atoms. The van der Waals surface area contributed by atoms with Crippen LogP contribution in [-0.4, -0.2) is 18.2 Å². The maximum atomic E-state index is 12.2. The summed E-state index contributed by atoms with van der Waals surface area (Å²) in [6, 6.07) is 11.1. The van der Waals surface area contributed by atoms with Crippen molar-refractivity contribution in [1.29, 1.82) is 0 Å². The molecule has 3 rings (SSSR count). The first kappa shape index (κ1) is 17.9. The number of rotatable bonds is 3. The molecular weight excluding hydrogens is 379 g/mol. The molecule has 2 aromatic rings. The van der Waals surface area contributed by atoms with E-state index in [-0.39, 0.29) is 5.91 Å². The van der Waals surface area contributed by atoms with Gasteiger partial charge >= 0.3 is 0 Å². The van der Waals surface area contributed by atoms with Gasteiger partial charge in [-0.15, -0.1) is 0 Å². The molecule has 2 aromatic carbocycles. The second-order valence-corrected chi connectivity index (χ2v) is 7.18. The second kappa shape index (κ2) is 7.52. The molecule has 0 atom stereocenters. The number of ether oxygens (including phenoxy) is 1. The van der Waals surface area contributed by atoms with Crippen molar-refractivity contribution >= 4 is 57.8 Å². The Morgan fingerprint density at radius 2 is 1.80 bits per heavy atom. The third-order valence-corrected chi connectivity index (χ3v) is 4.91. The molecule has 4 nitrogen and oxygen atoms in total. The van der Waals surface area contributed by atoms with Gasteiger partial charge in [-0.05, 0) is 54.6 Å². The van der Waals surface area contributed by atoms with Gasteiger partial charge in [-0.1, -0.05) is 40.9 Å². The van der Waals surface area contributed by atoms with Gasteiger partial charge in [0.15, 0.2) is 10.9 Å². The van der Waals surface area contributed by atoms with Crippen molar-refractivity contribution in [3.63, 3.8) is 0 Å². The Hall–Kier alpha value is -1.95. The van der Waals surface area contributed by atoms with Crippen LogP contribution in [0.4, 0.5) is 5.69 Å². The van der Waals surface area contributed by atoms with Crippen molar-refractivity contribution in [3.05, 3.63) is 62.5 Å². The summed E-state index contributed by atoms with van der Waals surface area (Å²) in [5.74, 6) is 0.203. The molecule has 1 N–H and O–H groups in total. The minimum atomic E-state index is -0.209. The molecule has 1 aliphatic rings. The number of carbonyl (C=O) groups excluding carboxylic acids is 1. The summed E-state index contributed by atoms with van der Waals surface area (Å²) in [6.07, 6.45) is 1.72. The SMILES string of the molecule is COc1c(Cl)cc(/C=C2\SC(=Nc3ccc(C)cc3)NC2=O)cc1Cl. The van der Waals surface area contributed by atoms with Crippen LogP contribution in [-0.2, 0) is 4.79 Å². The van der Waals surface area contributed by atoms with Crippen LogP contribution >= 0.6 is 35.0 Å². The average Bonchev–Trinajstić information content (AvgIpc) is 2.89. The summed E-state index contributed by atoms with van der Waals surface area (Å²) in [5.41, 5.74) is 2.65. The quantitative estimate of drug-likeness (QED) is 0.729. The fraction of sp³-hybridized carbons (Fsp3) is 0.111. The zero-order valence-electron chi connectivity index (χ0n) is 13.5. The molecule has 7 heteroatoms. The number of methoxy groups -OCH3 is 1. The molecule has 0 aromatic heterocycles. The predicted molar refractivity (Wildman–Crippen MR) is 105 cm³/mol. The van der Waals surface area contributed by atoms with Crippen molar-refractivity contribution < 1.29 is 9.53 Å². The van der Waals surface area contributed by atoms with E-state index in [0.717, 1.165) is 11.3 Å². The number of aryl methyl sites for hydroxylation is 1. The van der Waals surface area contributed by atoms with Gasteiger partial charge in [0.05, 0.1) is 27.7 Å². The largest absolute Gasteiger partial charge is 0.494 e. The number of benzene rings is 2. The summed E-state index contributed by atoms with van der Waals surface area (Å²) in [7, 11) is 1.50. The molecule has 128 valence electrons. The third-order valence-electron chi connectivity index (χ3n) is 3.44. The fourth-order valence-corrected chi connectivity index (χ4v) is 3.73. The van der Waals surface area contributed by atoms with E-state index in [2.05, 4.69) is 10.3 Å². The number of nitrogens with zero attached hydrogens (tertiary/aromatic N) is 1. The smallest absolute Gasteiger partial charge is 0.264 e. The highest BCUT2D eigenvalue weighted by molar-refractivity contribution is 8.18. The summed E-state index contributed by atoms with van der Waals surface area (Å²) in [6.45, 7) is 2.01. The molecule has 0 radical (unpaired) electrons. The molecule has 1 heterocycles.